The highest BCUT2D eigenvalue weighted by Gasteiger charge is 2.26. The highest BCUT2D eigenvalue weighted by molar-refractivity contribution is 7.98. The lowest BCUT2D eigenvalue weighted by Crippen LogP contribution is -2.48. The standard InChI is InChI=1S/C20H22FN5OS2/c1-14-23-16(13-29-14)12-24-7-9-25(10-8-24)19(27)18-11-22-20(28-2)26(18)17-5-3-15(21)4-6-17/h3-6,11,13H,7-10,12H2,1-2H3. The Bertz CT molecular complexity index is 993. The number of thioether (sulfide) groups is 1. The van der Waals surface area contributed by atoms with Crippen LogP contribution in [-0.4, -0.2) is 62.7 Å². The van der Waals surface area contributed by atoms with E-state index in [4.69, 9.17) is 0 Å². The molecule has 29 heavy (non-hydrogen) atoms. The minimum atomic E-state index is -0.307. The first-order valence-corrected chi connectivity index (χ1v) is 11.5. The second-order valence-electron chi connectivity index (χ2n) is 6.87. The second-order valence-corrected chi connectivity index (χ2v) is 8.70. The molecule has 1 amide bonds. The summed E-state index contributed by atoms with van der Waals surface area (Å²) in [5.41, 5.74) is 2.32. The lowest BCUT2D eigenvalue weighted by Gasteiger charge is -2.34. The maximum Gasteiger partial charge on any atom is 0.272 e. The number of amides is 1. The number of imidazole rings is 1. The third kappa shape index (κ3) is 4.36. The van der Waals surface area contributed by atoms with Crippen LogP contribution in [0, 0.1) is 12.7 Å². The van der Waals surface area contributed by atoms with Gasteiger partial charge in [0.2, 0.25) is 0 Å². The minimum Gasteiger partial charge on any atom is -0.335 e. The molecule has 152 valence electrons. The van der Waals surface area contributed by atoms with Gasteiger partial charge >= 0.3 is 0 Å². The summed E-state index contributed by atoms with van der Waals surface area (Å²) in [5, 5.41) is 3.88. The summed E-state index contributed by atoms with van der Waals surface area (Å²) in [4.78, 5) is 26.3. The van der Waals surface area contributed by atoms with Crippen LogP contribution >= 0.6 is 23.1 Å². The van der Waals surface area contributed by atoms with E-state index in [1.807, 2.05) is 18.1 Å². The normalized spacial score (nSPS) is 15.1. The van der Waals surface area contributed by atoms with Crippen molar-refractivity contribution in [1.29, 1.82) is 0 Å². The Morgan fingerprint density at radius 3 is 2.55 bits per heavy atom. The smallest absolute Gasteiger partial charge is 0.272 e. The van der Waals surface area contributed by atoms with E-state index in [0.717, 1.165) is 36.0 Å². The van der Waals surface area contributed by atoms with Gasteiger partial charge in [-0.1, -0.05) is 11.8 Å². The number of piperazine rings is 1. The van der Waals surface area contributed by atoms with Crippen LogP contribution in [0.4, 0.5) is 4.39 Å². The van der Waals surface area contributed by atoms with E-state index in [-0.39, 0.29) is 11.7 Å². The van der Waals surface area contributed by atoms with Gasteiger partial charge in [-0.05, 0) is 37.4 Å². The molecule has 1 aliphatic heterocycles. The van der Waals surface area contributed by atoms with Gasteiger partial charge in [0.15, 0.2) is 5.16 Å². The maximum atomic E-state index is 13.3. The van der Waals surface area contributed by atoms with E-state index in [1.165, 1.54) is 23.9 Å². The van der Waals surface area contributed by atoms with Crippen molar-refractivity contribution >= 4 is 29.0 Å². The first-order chi connectivity index (χ1) is 14.0. The zero-order valence-corrected chi connectivity index (χ0v) is 18.0. The molecule has 1 aliphatic rings. The van der Waals surface area contributed by atoms with Gasteiger partial charge in [0.25, 0.3) is 5.91 Å². The van der Waals surface area contributed by atoms with Gasteiger partial charge in [-0.2, -0.15) is 0 Å². The molecule has 0 atom stereocenters. The first kappa shape index (κ1) is 20.1. The number of benzene rings is 1. The summed E-state index contributed by atoms with van der Waals surface area (Å²) in [5.74, 6) is -0.356. The Morgan fingerprint density at radius 1 is 1.21 bits per heavy atom. The Labute approximate surface area is 177 Å². The first-order valence-electron chi connectivity index (χ1n) is 9.35. The SMILES string of the molecule is CSc1ncc(C(=O)N2CCN(Cc3csc(C)n3)CC2)n1-c1ccc(F)cc1. The zero-order chi connectivity index (χ0) is 20.4. The molecule has 1 fully saturated rings. The van der Waals surface area contributed by atoms with Crippen LogP contribution < -0.4 is 0 Å². The summed E-state index contributed by atoms with van der Waals surface area (Å²) in [6, 6.07) is 6.13. The molecule has 0 N–H and O–H groups in total. The number of aryl methyl sites for hydroxylation is 1. The predicted octanol–water partition coefficient (Wildman–Crippen LogP) is 3.46. The third-order valence-electron chi connectivity index (χ3n) is 4.93. The van der Waals surface area contributed by atoms with Crippen molar-refractivity contribution in [1.82, 2.24) is 24.3 Å². The number of aromatic nitrogens is 3. The summed E-state index contributed by atoms with van der Waals surface area (Å²) < 4.78 is 15.1. The molecule has 0 unspecified atom stereocenters. The lowest BCUT2D eigenvalue weighted by molar-refractivity contribution is 0.0619. The third-order valence-corrected chi connectivity index (χ3v) is 6.40. The average molecular weight is 432 g/mol. The fourth-order valence-electron chi connectivity index (χ4n) is 3.45. The number of rotatable bonds is 5. The molecule has 0 aliphatic carbocycles. The molecule has 0 spiro atoms. The fraction of sp³-hybridized carbons (Fsp3) is 0.350. The van der Waals surface area contributed by atoms with Crippen LogP contribution in [0.1, 0.15) is 21.2 Å². The van der Waals surface area contributed by atoms with Crippen molar-refractivity contribution in [3.05, 3.63) is 58.1 Å². The Hall–Kier alpha value is -2.23. The number of nitrogens with zero attached hydrogens (tertiary/aromatic N) is 5. The quantitative estimate of drug-likeness (QED) is 0.579. The number of hydrogen-bond donors (Lipinski definition) is 0. The molecule has 6 nitrogen and oxygen atoms in total. The molecule has 1 saturated heterocycles. The highest BCUT2D eigenvalue weighted by atomic mass is 32.2. The molecule has 2 aromatic heterocycles. The van der Waals surface area contributed by atoms with Gasteiger partial charge in [0.1, 0.15) is 11.5 Å². The summed E-state index contributed by atoms with van der Waals surface area (Å²) in [6.07, 6.45) is 3.53. The van der Waals surface area contributed by atoms with Gasteiger partial charge in [-0.25, -0.2) is 14.4 Å². The van der Waals surface area contributed by atoms with Crippen molar-refractivity contribution in [2.75, 3.05) is 32.4 Å². The van der Waals surface area contributed by atoms with Crippen LogP contribution in [-0.2, 0) is 6.54 Å². The number of carbonyl (C=O) groups is 1. The highest BCUT2D eigenvalue weighted by Crippen LogP contribution is 2.23. The second kappa shape index (κ2) is 8.64. The van der Waals surface area contributed by atoms with Gasteiger partial charge in [0, 0.05) is 43.8 Å². The molecule has 0 saturated carbocycles. The van der Waals surface area contributed by atoms with Crippen LogP contribution in [0.15, 0.2) is 41.0 Å². The summed E-state index contributed by atoms with van der Waals surface area (Å²) in [7, 11) is 0. The molecule has 4 rings (SSSR count). The Morgan fingerprint density at radius 2 is 1.93 bits per heavy atom. The average Bonchev–Trinajstić information content (AvgIpc) is 3.34. The van der Waals surface area contributed by atoms with Crippen LogP contribution in [0.5, 0.6) is 0 Å². The van der Waals surface area contributed by atoms with E-state index in [1.54, 1.807) is 34.2 Å². The van der Waals surface area contributed by atoms with Crippen molar-refractivity contribution < 1.29 is 9.18 Å². The van der Waals surface area contributed by atoms with E-state index in [9.17, 15) is 9.18 Å². The largest absolute Gasteiger partial charge is 0.335 e. The van der Waals surface area contributed by atoms with Crippen molar-refractivity contribution in [2.24, 2.45) is 0 Å². The lowest BCUT2D eigenvalue weighted by atomic mass is 10.2. The van der Waals surface area contributed by atoms with E-state index >= 15 is 0 Å². The van der Waals surface area contributed by atoms with Gasteiger partial charge in [0.05, 0.1) is 16.9 Å². The molecule has 9 heteroatoms. The van der Waals surface area contributed by atoms with E-state index < -0.39 is 0 Å². The molecule has 3 aromatic rings. The Kier molecular flexibility index (Phi) is 5.98. The Balaban J connectivity index is 1.48. The summed E-state index contributed by atoms with van der Waals surface area (Å²) in [6.45, 7) is 5.76. The molecular weight excluding hydrogens is 409 g/mol. The molecule has 1 aromatic carbocycles. The van der Waals surface area contributed by atoms with E-state index in [2.05, 4.69) is 20.2 Å². The van der Waals surface area contributed by atoms with Crippen molar-refractivity contribution in [3.63, 3.8) is 0 Å². The molecule has 0 radical (unpaired) electrons. The molecule has 0 bridgehead atoms. The molecular formula is C20H22FN5OS2. The van der Waals surface area contributed by atoms with Crippen molar-refractivity contribution in [2.45, 2.75) is 18.6 Å². The number of carbonyl (C=O) groups excluding carboxylic acids is 1. The van der Waals surface area contributed by atoms with E-state index in [0.29, 0.717) is 23.9 Å². The van der Waals surface area contributed by atoms with Crippen LogP contribution in [0.25, 0.3) is 5.69 Å². The van der Waals surface area contributed by atoms with Crippen molar-refractivity contribution in [3.8, 4) is 5.69 Å². The topological polar surface area (TPSA) is 54.3 Å². The van der Waals surface area contributed by atoms with Crippen LogP contribution in [0.3, 0.4) is 0 Å². The predicted molar refractivity (Wildman–Crippen MR) is 113 cm³/mol. The number of thiazole rings is 1. The minimum absolute atomic E-state index is 0.0497. The van der Waals surface area contributed by atoms with Gasteiger partial charge < -0.3 is 4.90 Å². The number of hydrogen-bond acceptors (Lipinski definition) is 6. The summed E-state index contributed by atoms with van der Waals surface area (Å²) >= 11 is 3.12. The fourth-order valence-corrected chi connectivity index (χ4v) is 4.60. The maximum absolute atomic E-state index is 13.3. The monoisotopic (exact) mass is 431 g/mol. The van der Waals surface area contributed by atoms with Gasteiger partial charge in [-0.15, -0.1) is 11.3 Å². The number of halogens is 1. The molecule has 3 heterocycles. The zero-order valence-electron chi connectivity index (χ0n) is 16.3. The van der Waals surface area contributed by atoms with Crippen LogP contribution in [0.2, 0.25) is 0 Å². The van der Waals surface area contributed by atoms with Gasteiger partial charge in [-0.3, -0.25) is 14.3 Å².